The maximum absolute atomic E-state index is 5.35. The van der Waals surface area contributed by atoms with E-state index in [2.05, 4.69) is 52.7 Å². The Hall–Kier alpha value is -3.31. The van der Waals surface area contributed by atoms with Gasteiger partial charge in [0.2, 0.25) is 0 Å². The lowest BCUT2D eigenvalue weighted by Gasteiger charge is -2.30. The van der Waals surface area contributed by atoms with Gasteiger partial charge in [0.05, 0.1) is 12.6 Å². The smallest absolute Gasteiger partial charge is 0.0801 e. The van der Waals surface area contributed by atoms with Crippen molar-refractivity contribution in [3.63, 3.8) is 0 Å². The van der Waals surface area contributed by atoms with E-state index in [4.69, 9.17) is 5.73 Å². The fourth-order valence-corrected chi connectivity index (χ4v) is 3.72. The summed E-state index contributed by atoms with van der Waals surface area (Å²) in [5, 5.41) is 7.75. The van der Waals surface area contributed by atoms with Crippen LogP contribution in [0.15, 0.2) is 104 Å². The number of benzene rings is 2. The highest BCUT2D eigenvalue weighted by Gasteiger charge is 2.27. The molecular formula is C26H33N5. The lowest BCUT2D eigenvalue weighted by molar-refractivity contribution is 0.323. The van der Waals surface area contributed by atoms with Crippen molar-refractivity contribution in [3.05, 3.63) is 115 Å². The van der Waals surface area contributed by atoms with Gasteiger partial charge in [-0.15, -0.1) is 0 Å². The summed E-state index contributed by atoms with van der Waals surface area (Å²) in [6.45, 7) is 11.7. The maximum atomic E-state index is 5.35. The Morgan fingerprint density at radius 2 is 1.68 bits per heavy atom. The van der Waals surface area contributed by atoms with E-state index in [9.17, 15) is 0 Å². The molecule has 162 valence electrons. The number of likely N-dealkylation sites (tertiary alicyclic amines) is 1. The monoisotopic (exact) mass is 415 g/mol. The Kier molecular flexibility index (Phi) is 8.49. The molecule has 2 aromatic carbocycles. The van der Waals surface area contributed by atoms with E-state index in [1.54, 1.807) is 6.20 Å². The minimum absolute atomic E-state index is 0.321. The van der Waals surface area contributed by atoms with Crippen LogP contribution in [0.1, 0.15) is 24.0 Å². The van der Waals surface area contributed by atoms with Crippen molar-refractivity contribution in [1.29, 1.82) is 0 Å². The molecule has 1 unspecified atom stereocenters. The molecule has 0 amide bonds. The third-order valence-electron chi connectivity index (χ3n) is 5.41. The quantitative estimate of drug-likeness (QED) is 0.576. The Bertz CT molecular complexity index is 919. The number of nitrogens with one attached hydrogen (secondary N) is 1. The molecule has 3 aromatic rings. The van der Waals surface area contributed by atoms with E-state index in [0.29, 0.717) is 12.6 Å². The minimum Gasteiger partial charge on any atom is -0.383 e. The number of allylic oxidation sites excluding steroid dienone is 1. The van der Waals surface area contributed by atoms with E-state index in [1.165, 1.54) is 17.5 Å². The molecule has 3 N–H and O–H groups in total. The summed E-state index contributed by atoms with van der Waals surface area (Å²) in [4.78, 5) is 2.36. The zero-order chi connectivity index (χ0) is 21.9. The third-order valence-corrected chi connectivity index (χ3v) is 5.41. The van der Waals surface area contributed by atoms with Gasteiger partial charge in [0.15, 0.2) is 0 Å². The van der Waals surface area contributed by atoms with Crippen LogP contribution in [0.25, 0.3) is 0 Å². The van der Waals surface area contributed by atoms with Crippen LogP contribution in [0, 0.1) is 0 Å². The van der Waals surface area contributed by atoms with Crippen molar-refractivity contribution < 1.29 is 0 Å². The molecule has 1 aliphatic rings. The van der Waals surface area contributed by atoms with Gasteiger partial charge in [-0.3, -0.25) is 4.68 Å². The van der Waals surface area contributed by atoms with Gasteiger partial charge in [-0.25, -0.2) is 0 Å². The average molecular weight is 416 g/mol. The van der Waals surface area contributed by atoms with Crippen LogP contribution >= 0.6 is 0 Å². The first-order valence-corrected chi connectivity index (χ1v) is 10.8. The Morgan fingerprint density at radius 1 is 1.00 bits per heavy atom. The number of rotatable bonds is 8. The summed E-state index contributed by atoms with van der Waals surface area (Å²) in [5.74, 6) is 0. The minimum atomic E-state index is 0.321. The lowest BCUT2D eigenvalue weighted by Crippen LogP contribution is -2.35. The molecule has 0 aliphatic carbocycles. The van der Waals surface area contributed by atoms with Crippen LogP contribution in [0.4, 0.5) is 0 Å². The summed E-state index contributed by atoms with van der Waals surface area (Å²) in [6, 6.07) is 22.7. The molecule has 0 saturated carbocycles. The molecule has 4 rings (SSSR count). The van der Waals surface area contributed by atoms with Crippen molar-refractivity contribution in [2.75, 3.05) is 6.54 Å². The maximum Gasteiger partial charge on any atom is 0.0801 e. The highest BCUT2D eigenvalue weighted by atomic mass is 15.3. The molecule has 5 heteroatoms. The number of hydrogen-bond donors (Lipinski definition) is 2. The van der Waals surface area contributed by atoms with Crippen molar-refractivity contribution in [2.45, 2.75) is 38.5 Å². The van der Waals surface area contributed by atoms with Gasteiger partial charge in [0.1, 0.15) is 0 Å². The molecule has 1 atom stereocenters. The molecule has 1 aromatic heterocycles. The first kappa shape index (κ1) is 22.4. The fraction of sp³-hybridized carbons (Fsp3) is 0.269. The number of nitrogens with two attached hydrogens (primary N) is 1. The summed E-state index contributed by atoms with van der Waals surface area (Å²) in [5.41, 5.74) is 9.98. The summed E-state index contributed by atoms with van der Waals surface area (Å²) >= 11 is 0. The average Bonchev–Trinajstić information content (AvgIpc) is 3.51. The van der Waals surface area contributed by atoms with Gasteiger partial charge in [0, 0.05) is 43.4 Å². The van der Waals surface area contributed by atoms with E-state index in [0.717, 1.165) is 37.4 Å². The Balaban J connectivity index is 0.000000287. The van der Waals surface area contributed by atoms with Crippen molar-refractivity contribution in [1.82, 2.24) is 20.0 Å². The van der Waals surface area contributed by atoms with Gasteiger partial charge in [-0.1, -0.05) is 73.8 Å². The lowest BCUT2D eigenvalue weighted by atomic mass is 10.1. The second kappa shape index (κ2) is 11.8. The first-order valence-electron chi connectivity index (χ1n) is 10.8. The highest BCUT2D eigenvalue weighted by Crippen LogP contribution is 2.26. The summed E-state index contributed by atoms with van der Waals surface area (Å²) in [6.07, 6.45) is 6.07. The van der Waals surface area contributed by atoms with Crippen molar-refractivity contribution in [3.8, 4) is 0 Å². The molecule has 5 nitrogen and oxygen atoms in total. The standard InChI is InChI=1S/C19H24N4.C7H9N/c1-16(15-22-12-7-11-21-22)23-13-6-10-19(23)17(2)20-14-18-8-4-3-5-9-18;8-6-7-4-2-1-3-5-7/h3-5,7-9,11-12,19-20H,1-2,6,10,13-15H2;1-5H,6,8H2. The van der Waals surface area contributed by atoms with Crippen molar-refractivity contribution in [2.24, 2.45) is 5.73 Å². The molecule has 31 heavy (non-hydrogen) atoms. The molecule has 1 saturated heterocycles. The van der Waals surface area contributed by atoms with Gasteiger partial charge < -0.3 is 16.0 Å². The summed E-state index contributed by atoms with van der Waals surface area (Å²) in [7, 11) is 0. The van der Waals surface area contributed by atoms with Gasteiger partial charge in [-0.05, 0) is 30.0 Å². The van der Waals surface area contributed by atoms with E-state index in [-0.39, 0.29) is 0 Å². The van der Waals surface area contributed by atoms with Crippen LogP contribution in [0.2, 0.25) is 0 Å². The van der Waals surface area contributed by atoms with Crippen molar-refractivity contribution >= 4 is 0 Å². The largest absolute Gasteiger partial charge is 0.383 e. The van der Waals surface area contributed by atoms with Gasteiger partial charge in [0.25, 0.3) is 0 Å². The molecule has 0 radical (unpaired) electrons. The molecule has 1 fully saturated rings. The highest BCUT2D eigenvalue weighted by molar-refractivity contribution is 5.18. The second-order valence-corrected chi connectivity index (χ2v) is 7.68. The molecule has 0 bridgehead atoms. The topological polar surface area (TPSA) is 59.1 Å². The third kappa shape index (κ3) is 6.86. The van der Waals surface area contributed by atoms with Gasteiger partial charge >= 0.3 is 0 Å². The van der Waals surface area contributed by atoms with Gasteiger partial charge in [-0.2, -0.15) is 5.10 Å². The molecular weight excluding hydrogens is 382 g/mol. The SMILES string of the molecule is C=C(NCc1ccccc1)C1CCCN1C(=C)Cn1cccn1.NCc1ccccc1. The molecule has 0 spiro atoms. The first-order chi connectivity index (χ1) is 15.2. The molecule has 1 aliphatic heterocycles. The Labute approximate surface area is 185 Å². The van der Waals surface area contributed by atoms with Crippen LogP contribution in [0.3, 0.4) is 0 Å². The number of aromatic nitrogens is 2. The van der Waals surface area contributed by atoms with Crippen LogP contribution < -0.4 is 11.1 Å². The van der Waals surface area contributed by atoms with E-state index >= 15 is 0 Å². The predicted octanol–water partition coefficient (Wildman–Crippen LogP) is 4.31. The number of hydrogen-bond acceptors (Lipinski definition) is 4. The molecule has 2 heterocycles. The zero-order valence-electron chi connectivity index (χ0n) is 18.2. The normalized spacial score (nSPS) is 15.1. The van der Waals surface area contributed by atoms with Crippen LogP contribution in [0.5, 0.6) is 0 Å². The van der Waals surface area contributed by atoms with E-state index < -0.39 is 0 Å². The predicted molar refractivity (Wildman–Crippen MR) is 128 cm³/mol. The van der Waals surface area contributed by atoms with Crippen LogP contribution in [-0.2, 0) is 19.6 Å². The fourth-order valence-electron chi connectivity index (χ4n) is 3.72. The number of nitrogens with zero attached hydrogens (tertiary/aromatic N) is 3. The summed E-state index contributed by atoms with van der Waals surface area (Å²) < 4.78 is 1.91. The second-order valence-electron chi connectivity index (χ2n) is 7.68. The van der Waals surface area contributed by atoms with Crippen LogP contribution in [-0.4, -0.2) is 27.3 Å². The zero-order valence-corrected chi connectivity index (χ0v) is 18.2. The van der Waals surface area contributed by atoms with E-state index in [1.807, 2.05) is 53.3 Å². The Morgan fingerprint density at radius 3 is 2.26 bits per heavy atom.